The SMILES string of the molecule is Cc1nn(C)c(C)c1C(=O)Cc1sccc1Br. The number of carbonyl (C=O) groups is 1. The first-order valence-electron chi connectivity index (χ1n) is 5.26. The number of thiophene rings is 1. The molecule has 0 aliphatic heterocycles. The van der Waals surface area contributed by atoms with E-state index in [4.69, 9.17) is 0 Å². The summed E-state index contributed by atoms with van der Waals surface area (Å²) >= 11 is 5.04. The van der Waals surface area contributed by atoms with E-state index in [1.807, 2.05) is 32.3 Å². The minimum atomic E-state index is 0.135. The van der Waals surface area contributed by atoms with E-state index in [1.165, 1.54) is 0 Å². The summed E-state index contributed by atoms with van der Waals surface area (Å²) in [5.41, 5.74) is 2.50. The van der Waals surface area contributed by atoms with Crippen LogP contribution in [0.1, 0.15) is 26.6 Å². The Bertz CT molecular complexity index is 571. The van der Waals surface area contributed by atoms with Crippen molar-refractivity contribution in [3.63, 3.8) is 0 Å². The summed E-state index contributed by atoms with van der Waals surface area (Å²) in [4.78, 5) is 13.3. The van der Waals surface area contributed by atoms with Crippen molar-refractivity contribution in [2.75, 3.05) is 0 Å². The van der Waals surface area contributed by atoms with E-state index >= 15 is 0 Å². The fourth-order valence-corrected chi connectivity index (χ4v) is 3.35. The molecule has 0 bridgehead atoms. The summed E-state index contributed by atoms with van der Waals surface area (Å²) in [6, 6.07) is 1.97. The zero-order chi connectivity index (χ0) is 12.6. The highest BCUT2D eigenvalue weighted by Gasteiger charge is 2.18. The van der Waals surface area contributed by atoms with Gasteiger partial charge in [-0.1, -0.05) is 0 Å². The molecule has 0 radical (unpaired) electrons. The highest BCUT2D eigenvalue weighted by molar-refractivity contribution is 9.10. The van der Waals surface area contributed by atoms with Gasteiger partial charge in [-0.05, 0) is 41.2 Å². The number of hydrogen-bond donors (Lipinski definition) is 0. The Morgan fingerprint density at radius 2 is 2.24 bits per heavy atom. The average Bonchev–Trinajstić information content (AvgIpc) is 2.74. The second-order valence-electron chi connectivity index (χ2n) is 3.96. The maximum Gasteiger partial charge on any atom is 0.171 e. The van der Waals surface area contributed by atoms with Crippen molar-refractivity contribution in [2.45, 2.75) is 20.3 Å². The normalized spacial score (nSPS) is 10.8. The van der Waals surface area contributed by atoms with Crippen molar-refractivity contribution in [3.8, 4) is 0 Å². The van der Waals surface area contributed by atoms with Gasteiger partial charge in [0.2, 0.25) is 0 Å². The summed E-state index contributed by atoms with van der Waals surface area (Å²) in [6.07, 6.45) is 0.436. The zero-order valence-corrected chi connectivity index (χ0v) is 12.4. The molecule has 3 nitrogen and oxygen atoms in total. The Morgan fingerprint density at radius 3 is 2.71 bits per heavy atom. The second kappa shape index (κ2) is 4.74. The molecule has 90 valence electrons. The molecule has 0 N–H and O–H groups in total. The first-order chi connectivity index (χ1) is 8.00. The number of aryl methyl sites for hydroxylation is 2. The molecule has 0 fully saturated rings. The van der Waals surface area contributed by atoms with Crippen molar-refractivity contribution in [1.29, 1.82) is 0 Å². The molecule has 0 atom stereocenters. The van der Waals surface area contributed by atoms with Crippen LogP contribution >= 0.6 is 27.3 Å². The maximum atomic E-state index is 12.3. The first-order valence-corrected chi connectivity index (χ1v) is 6.93. The number of Topliss-reactive ketones (excluding diaryl/α,β-unsaturated/α-hetero) is 1. The molecule has 5 heteroatoms. The topological polar surface area (TPSA) is 34.9 Å². The predicted octanol–water partition coefficient (Wildman–Crippen LogP) is 3.29. The molecule has 2 rings (SSSR count). The van der Waals surface area contributed by atoms with Gasteiger partial charge in [-0.2, -0.15) is 5.10 Å². The van der Waals surface area contributed by atoms with E-state index in [0.29, 0.717) is 6.42 Å². The van der Waals surface area contributed by atoms with E-state index in [2.05, 4.69) is 21.0 Å². The number of aromatic nitrogens is 2. The molecule has 2 heterocycles. The Morgan fingerprint density at radius 1 is 1.53 bits per heavy atom. The Kier molecular flexibility index (Phi) is 3.49. The second-order valence-corrected chi connectivity index (χ2v) is 5.82. The quantitative estimate of drug-likeness (QED) is 0.815. The first kappa shape index (κ1) is 12.5. The summed E-state index contributed by atoms with van der Waals surface area (Å²) in [6.45, 7) is 3.81. The summed E-state index contributed by atoms with van der Waals surface area (Å²) in [5.74, 6) is 0.135. The van der Waals surface area contributed by atoms with Gasteiger partial charge < -0.3 is 0 Å². The van der Waals surface area contributed by atoms with Crippen LogP contribution in [0.4, 0.5) is 0 Å². The van der Waals surface area contributed by atoms with Crippen LogP contribution in [0, 0.1) is 13.8 Å². The minimum absolute atomic E-state index is 0.135. The third-order valence-electron chi connectivity index (χ3n) is 2.80. The number of halogens is 1. The van der Waals surface area contributed by atoms with E-state index in [9.17, 15) is 4.79 Å². The number of hydrogen-bond acceptors (Lipinski definition) is 3. The molecule has 0 amide bonds. The zero-order valence-electron chi connectivity index (χ0n) is 9.95. The van der Waals surface area contributed by atoms with E-state index in [-0.39, 0.29) is 5.78 Å². The summed E-state index contributed by atoms with van der Waals surface area (Å²) in [7, 11) is 1.86. The highest BCUT2D eigenvalue weighted by Crippen LogP contribution is 2.25. The monoisotopic (exact) mass is 312 g/mol. The standard InChI is InChI=1S/C12H13BrN2OS/c1-7-12(8(2)15(3)14-7)10(16)6-11-9(13)4-5-17-11/h4-5H,6H2,1-3H3. The Balaban J connectivity index is 2.29. The fourth-order valence-electron chi connectivity index (χ4n) is 1.86. The molecule has 0 saturated carbocycles. The van der Waals surface area contributed by atoms with E-state index in [1.54, 1.807) is 16.0 Å². The number of ketones is 1. The summed E-state index contributed by atoms with van der Waals surface area (Å²) < 4.78 is 2.77. The largest absolute Gasteiger partial charge is 0.294 e. The lowest BCUT2D eigenvalue weighted by Crippen LogP contribution is -2.06. The van der Waals surface area contributed by atoms with Gasteiger partial charge in [-0.25, -0.2) is 0 Å². The molecule has 0 aromatic carbocycles. The minimum Gasteiger partial charge on any atom is -0.294 e. The molecule has 17 heavy (non-hydrogen) atoms. The molecular weight excluding hydrogens is 300 g/mol. The van der Waals surface area contributed by atoms with Gasteiger partial charge in [0.05, 0.1) is 11.3 Å². The van der Waals surface area contributed by atoms with Gasteiger partial charge in [0, 0.05) is 28.5 Å². The third kappa shape index (κ3) is 2.35. The van der Waals surface area contributed by atoms with Crippen molar-refractivity contribution >= 4 is 33.0 Å². The number of carbonyl (C=O) groups excluding carboxylic acids is 1. The lowest BCUT2D eigenvalue weighted by molar-refractivity contribution is 0.0992. The molecule has 0 aliphatic rings. The van der Waals surface area contributed by atoms with Crippen LogP contribution in [-0.4, -0.2) is 15.6 Å². The molecule has 0 unspecified atom stereocenters. The highest BCUT2D eigenvalue weighted by atomic mass is 79.9. The molecular formula is C12H13BrN2OS. The van der Waals surface area contributed by atoms with Crippen LogP contribution in [-0.2, 0) is 13.5 Å². The smallest absolute Gasteiger partial charge is 0.171 e. The van der Waals surface area contributed by atoms with E-state index in [0.717, 1.165) is 26.3 Å². The van der Waals surface area contributed by atoms with Gasteiger partial charge in [0.1, 0.15) is 0 Å². The van der Waals surface area contributed by atoms with Crippen LogP contribution in [0.15, 0.2) is 15.9 Å². The van der Waals surface area contributed by atoms with Crippen LogP contribution in [0.3, 0.4) is 0 Å². The van der Waals surface area contributed by atoms with Gasteiger partial charge >= 0.3 is 0 Å². The lowest BCUT2D eigenvalue weighted by Gasteiger charge is -2.01. The van der Waals surface area contributed by atoms with Crippen LogP contribution in [0.5, 0.6) is 0 Å². The predicted molar refractivity (Wildman–Crippen MR) is 72.7 cm³/mol. The summed E-state index contributed by atoms with van der Waals surface area (Å²) in [5, 5.41) is 6.25. The number of rotatable bonds is 3. The van der Waals surface area contributed by atoms with Gasteiger partial charge in [0.25, 0.3) is 0 Å². The molecule has 0 aliphatic carbocycles. The van der Waals surface area contributed by atoms with Crippen LogP contribution in [0.25, 0.3) is 0 Å². The Hall–Kier alpha value is -0.940. The number of nitrogens with zero attached hydrogens (tertiary/aromatic N) is 2. The molecule has 2 aromatic heterocycles. The van der Waals surface area contributed by atoms with Crippen LogP contribution < -0.4 is 0 Å². The fraction of sp³-hybridized carbons (Fsp3) is 0.333. The third-order valence-corrected chi connectivity index (χ3v) is 4.73. The molecule has 2 aromatic rings. The Labute approximate surface area is 113 Å². The van der Waals surface area contributed by atoms with Crippen molar-refractivity contribution in [3.05, 3.63) is 37.7 Å². The lowest BCUT2D eigenvalue weighted by atomic mass is 10.1. The van der Waals surface area contributed by atoms with Crippen molar-refractivity contribution in [1.82, 2.24) is 9.78 Å². The molecule has 0 spiro atoms. The van der Waals surface area contributed by atoms with Crippen LogP contribution in [0.2, 0.25) is 0 Å². The van der Waals surface area contributed by atoms with Gasteiger partial charge in [-0.15, -0.1) is 11.3 Å². The van der Waals surface area contributed by atoms with Crippen molar-refractivity contribution < 1.29 is 4.79 Å². The van der Waals surface area contributed by atoms with E-state index < -0.39 is 0 Å². The van der Waals surface area contributed by atoms with Crippen molar-refractivity contribution in [2.24, 2.45) is 7.05 Å². The average molecular weight is 313 g/mol. The van der Waals surface area contributed by atoms with Gasteiger partial charge in [-0.3, -0.25) is 9.48 Å². The van der Waals surface area contributed by atoms with Gasteiger partial charge in [0.15, 0.2) is 5.78 Å². The molecule has 0 saturated heterocycles. The maximum absolute atomic E-state index is 12.3.